The highest BCUT2D eigenvalue weighted by atomic mass is 35.5. The molecule has 4 rings (SSSR count). The fraction of sp³-hybridized carbons (Fsp3) is 0.294. The highest BCUT2D eigenvalue weighted by Gasteiger charge is 2.56. The molecule has 22 heavy (non-hydrogen) atoms. The Morgan fingerprint density at radius 1 is 1.23 bits per heavy atom. The average Bonchev–Trinajstić information content (AvgIpc) is 3.18. The number of fused-ring (bicyclic) bond motifs is 5. The second kappa shape index (κ2) is 5.07. The van der Waals surface area contributed by atoms with E-state index < -0.39 is 0 Å². The van der Waals surface area contributed by atoms with Gasteiger partial charge in [-0.2, -0.15) is 0 Å². The summed E-state index contributed by atoms with van der Waals surface area (Å²) >= 11 is 6.07. The highest BCUT2D eigenvalue weighted by molar-refractivity contribution is 6.31. The van der Waals surface area contributed by atoms with Gasteiger partial charge in [-0.05, 0) is 11.6 Å². The van der Waals surface area contributed by atoms with Crippen LogP contribution < -0.4 is 0 Å². The Morgan fingerprint density at radius 2 is 1.95 bits per heavy atom. The van der Waals surface area contributed by atoms with Crippen LogP contribution in [-0.2, 0) is 16.1 Å². The van der Waals surface area contributed by atoms with Gasteiger partial charge in [0.05, 0.1) is 36.2 Å². The number of halogens is 1. The Labute approximate surface area is 132 Å². The third-order valence-electron chi connectivity index (χ3n) is 4.50. The first-order chi connectivity index (χ1) is 10.7. The lowest BCUT2D eigenvalue weighted by molar-refractivity contribution is -0.119. The van der Waals surface area contributed by atoms with Crippen molar-refractivity contribution >= 4 is 23.6 Å². The number of aliphatic hydroxyl groups excluding tert-OH is 1. The Kier molecular flexibility index (Phi) is 3.17. The highest BCUT2D eigenvalue weighted by Crippen LogP contribution is 2.48. The first-order valence-electron chi connectivity index (χ1n) is 7.21. The Bertz CT molecular complexity index is 737. The number of rotatable bonds is 3. The fourth-order valence-corrected chi connectivity index (χ4v) is 3.62. The first-order valence-corrected chi connectivity index (χ1v) is 7.59. The molecule has 1 aliphatic carbocycles. The van der Waals surface area contributed by atoms with Crippen LogP contribution in [0.15, 0.2) is 52.7 Å². The molecular weight excluding hydrogens is 302 g/mol. The lowest BCUT2D eigenvalue weighted by Crippen LogP contribution is -2.26. The van der Waals surface area contributed by atoms with Gasteiger partial charge in [0, 0.05) is 11.2 Å². The number of benzene rings is 1. The number of Topliss-reactive ketones (excluding diaryl/α,β-unsaturated/α-hetero) is 1. The fourth-order valence-electron chi connectivity index (χ4n) is 3.42. The minimum atomic E-state index is -0.295. The quantitative estimate of drug-likeness (QED) is 0.689. The van der Waals surface area contributed by atoms with Crippen LogP contribution in [0.25, 0.3) is 0 Å². The maximum absolute atomic E-state index is 12.4. The van der Waals surface area contributed by atoms with Gasteiger partial charge in [-0.3, -0.25) is 9.79 Å². The van der Waals surface area contributed by atoms with E-state index in [0.717, 1.165) is 5.56 Å². The third-order valence-corrected chi connectivity index (χ3v) is 4.87. The Hall–Kier alpha value is -1.91. The molecule has 2 heterocycles. The predicted molar refractivity (Wildman–Crippen MR) is 83.1 cm³/mol. The van der Waals surface area contributed by atoms with Crippen LogP contribution in [0.2, 0.25) is 5.02 Å². The van der Waals surface area contributed by atoms with Crippen LogP contribution in [-0.4, -0.2) is 29.3 Å². The number of nitrogens with zero attached hydrogens (tertiary/aromatic N) is 1. The van der Waals surface area contributed by atoms with Crippen LogP contribution in [0.3, 0.4) is 0 Å². The maximum Gasteiger partial charge on any atom is 0.174 e. The minimum absolute atomic E-state index is 0.0812. The molecule has 0 aromatic heterocycles. The van der Waals surface area contributed by atoms with Crippen molar-refractivity contribution in [2.75, 3.05) is 0 Å². The van der Waals surface area contributed by atoms with Gasteiger partial charge in [0.15, 0.2) is 5.78 Å². The van der Waals surface area contributed by atoms with Gasteiger partial charge in [-0.25, -0.2) is 0 Å². The van der Waals surface area contributed by atoms with Crippen molar-refractivity contribution in [1.82, 2.24) is 0 Å². The zero-order valence-corrected chi connectivity index (χ0v) is 12.4. The number of ketones is 1. The van der Waals surface area contributed by atoms with E-state index in [9.17, 15) is 9.90 Å². The van der Waals surface area contributed by atoms with E-state index in [1.165, 1.54) is 6.21 Å². The van der Waals surface area contributed by atoms with Crippen LogP contribution in [0.5, 0.6) is 0 Å². The summed E-state index contributed by atoms with van der Waals surface area (Å²) in [4.78, 5) is 16.7. The third kappa shape index (κ3) is 1.95. The molecule has 5 heteroatoms. The molecular formula is C17H14ClNO3. The predicted octanol–water partition coefficient (Wildman–Crippen LogP) is 2.88. The first kappa shape index (κ1) is 13.7. The summed E-state index contributed by atoms with van der Waals surface area (Å²) in [7, 11) is 0. The van der Waals surface area contributed by atoms with E-state index in [1.807, 2.05) is 30.4 Å². The van der Waals surface area contributed by atoms with Crippen LogP contribution in [0.1, 0.15) is 5.56 Å². The number of allylic oxidation sites excluding steroid dienone is 1. The molecule has 4 nitrogen and oxygen atoms in total. The smallest absolute Gasteiger partial charge is 0.174 e. The van der Waals surface area contributed by atoms with E-state index in [4.69, 9.17) is 16.3 Å². The van der Waals surface area contributed by atoms with Gasteiger partial charge in [0.25, 0.3) is 0 Å². The number of ether oxygens (including phenoxy) is 1. The van der Waals surface area contributed by atoms with Crippen molar-refractivity contribution in [3.8, 4) is 0 Å². The summed E-state index contributed by atoms with van der Waals surface area (Å²) in [5, 5.41) is 11.0. The van der Waals surface area contributed by atoms with Crippen molar-refractivity contribution in [3.05, 3.63) is 58.3 Å². The lowest BCUT2D eigenvalue weighted by Gasteiger charge is -2.15. The zero-order valence-electron chi connectivity index (χ0n) is 11.6. The van der Waals surface area contributed by atoms with Gasteiger partial charge in [0.2, 0.25) is 0 Å². The van der Waals surface area contributed by atoms with E-state index >= 15 is 0 Å². The number of carbonyl (C=O) groups is 1. The monoisotopic (exact) mass is 315 g/mol. The number of hydrogen-bond acceptors (Lipinski definition) is 4. The molecule has 0 amide bonds. The molecule has 3 aliphatic rings. The molecule has 1 N–H and O–H groups in total. The normalized spacial score (nSPS) is 32.5. The van der Waals surface area contributed by atoms with Crippen LogP contribution in [0, 0.1) is 11.8 Å². The number of aliphatic hydroxyl groups is 1. The number of hydrogen-bond donors (Lipinski definition) is 1. The molecule has 1 fully saturated rings. The second-order valence-electron chi connectivity index (χ2n) is 5.73. The molecule has 1 aromatic carbocycles. The van der Waals surface area contributed by atoms with Crippen molar-refractivity contribution in [1.29, 1.82) is 0 Å². The van der Waals surface area contributed by atoms with Crippen molar-refractivity contribution in [3.63, 3.8) is 0 Å². The Morgan fingerprint density at radius 3 is 2.68 bits per heavy atom. The van der Waals surface area contributed by atoms with E-state index in [2.05, 4.69) is 4.99 Å². The molecule has 112 valence electrons. The standard InChI is InChI=1S/C17H14ClNO3/c18-11-4-2-1-3-9(11)7-19-8-10-16(20)14-12-5-6-13(22-12)15(14)17(10)21/h1-6,8,12-15,20H,7H2. The maximum atomic E-state index is 12.4. The topological polar surface area (TPSA) is 58.9 Å². The van der Waals surface area contributed by atoms with Crippen molar-refractivity contribution < 1.29 is 14.6 Å². The van der Waals surface area contributed by atoms with Crippen LogP contribution >= 0.6 is 11.6 Å². The van der Waals surface area contributed by atoms with Gasteiger partial charge < -0.3 is 9.84 Å². The van der Waals surface area contributed by atoms with E-state index in [0.29, 0.717) is 17.1 Å². The molecule has 4 unspecified atom stereocenters. The second-order valence-corrected chi connectivity index (χ2v) is 6.13. The lowest BCUT2D eigenvalue weighted by atomic mass is 9.84. The Balaban J connectivity index is 1.55. The summed E-state index contributed by atoms with van der Waals surface area (Å²) in [6, 6.07) is 7.43. The van der Waals surface area contributed by atoms with E-state index in [-0.39, 0.29) is 35.6 Å². The zero-order chi connectivity index (χ0) is 15.3. The van der Waals surface area contributed by atoms with Gasteiger partial charge >= 0.3 is 0 Å². The van der Waals surface area contributed by atoms with E-state index in [1.54, 1.807) is 6.07 Å². The number of aliphatic imine (C=N–C) groups is 1. The molecule has 0 spiro atoms. The molecule has 2 bridgehead atoms. The number of carbonyl (C=O) groups excluding carboxylic acids is 1. The van der Waals surface area contributed by atoms with Gasteiger partial charge in [-0.1, -0.05) is 42.0 Å². The molecule has 2 aliphatic heterocycles. The summed E-state index contributed by atoms with van der Waals surface area (Å²) in [6.07, 6.45) is 4.89. The SMILES string of the molecule is O=C1C(C=NCc2ccccc2Cl)=C(O)C2C3C=CC(O3)C12. The summed E-state index contributed by atoms with van der Waals surface area (Å²) in [5.41, 5.74) is 1.19. The summed E-state index contributed by atoms with van der Waals surface area (Å²) < 4.78 is 5.63. The van der Waals surface area contributed by atoms with Crippen molar-refractivity contribution in [2.45, 2.75) is 18.8 Å². The summed E-state index contributed by atoms with van der Waals surface area (Å²) in [5.74, 6) is -0.516. The molecule has 1 aromatic rings. The van der Waals surface area contributed by atoms with Crippen molar-refractivity contribution in [2.24, 2.45) is 16.8 Å². The van der Waals surface area contributed by atoms with Crippen LogP contribution in [0.4, 0.5) is 0 Å². The molecule has 1 saturated heterocycles. The summed E-state index contributed by atoms with van der Waals surface area (Å²) in [6.45, 7) is 0.376. The average molecular weight is 316 g/mol. The van der Waals surface area contributed by atoms with Gasteiger partial charge in [0.1, 0.15) is 5.76 Å². The molecule has 4 atom stereocenters. The van der Waals surface area contributed by atoms with Gasteiger partial charge in [-0.15, -0.1) is 0 Å². The minimum Gasteiger partial charge on any atom is -0.511 e. The largest absolute Gasteiger partial charge is 0.511 e. The molecule has 0 radical (unpaired) electrons. The molecule has 0 saturated carbocycles.